The van der Waals surface area contributed by atoms with Gasteiger partial charge in [-0.25, -0.2) is 0 Å². The van der Waals surface area contributed by atoms with Crippen LogP contribution >= 0.6 is 0 Å². The first-order chi connectivity index (χ1) is 15.2. The second-order valence-electron chi connectivity index (χ2n) is 7.37. The predicted octanol–water partition coefficient (Wildman–Crippen LogP) is 3.05. The maximum absolute atomic E-state index is 12.9. The van der Waals surface area contributed by atoms with E-state index in [1.807, 2.05) is 48.5 Å². The van der Waals surface area contributed by atoms with E-state index >= 15 is 0 Å². The molecule has 4 aromatic rings. The van der Waals surface area contributed by atoms with E-state index in [1.165, 1.54) is 0 Å². The summed E-state index contributed by atoms with van der Waals surface area (Å²) in [7, 11) is 1.57. The molecular formula is C22H21N5O4. The van der Waals surface area contributed by atoms with Crippen LogP contribution in [0.2, 0.25) is 0 Å². The number of nitrogens with one attached hydrogen (secondary N) is 1. The summed E-state index contributed by atoms with van der Waals surface area (Å²) in [5, 5.41) is 11.9. The second kappa shape index (κ2) is 8.19. The average molecular weight is 419 g/mol. The molecule has 3 heterocycles. The van der Waals surface area contributed by atoms with Crippen molar-refractivity contribution in [1.82, 2.24) is 25.2 Å². The number of ether oxygens (including phenoxy) is 2. The first kappa shape index (κ1) is 19.3. The monoisotopic (exact) mass is 419 g/mol. The summed E-state index contributed by atoms with van der Waals surface area (Å²) in [5.41, 5.74) is 2.13. The van der Waals surface area contributed by atoms with Gasteiger partial charge in [-0.1, -0.05) is 23.4 Å². The molecule has 1 unspecified atom stereocenters. The standard InChI is InChI=1S/C22H21N5O4/c1-29-13-19-23-21(26-31-19)14-6-8-15(9-7-14)30-16-10-11-27(12-16)22(28)20-17-4-2-3-5-18(17)24-25-20/h2-9,16H,10-13H2,1H3,(H,24,25). The van der Waals surface area contributed by atoms with Crippen molar-refractivity contribution in [3.05, 3.63) is 60.1 Å². The molecular weight excluding hydrogens is 398 g/mol. The van der Waals surface area contributed by atoms with Gasteiger partial charge in [0.25, 0.3) is 11.8 Å². The predicted molar refractivity (Wildman–Crippen MR) is 111 cm³/mol. The lowest BCUT2D eigenvalue weighted by Gasteiger charge is -2.16. The van der Waals surface area contributed by atoms with Gasteiger partial charge in [-0.3, -0.25) is 9.89 Å². The molecule has 0 saturated carbocycles. The minimum atomic E-state index is -0.0807. The fourth-order valence-electron chi connectivity index (χ4n) is 3.71. The molecule has 2 aromatic heterocycles. The van der Waals surface area contributed by atoms with E-state index < -0.39 is 0 Å². The largest absolute Gasteiger partial charge is 0.489 e. The van der Waals surface area contributed by atoms with Crippen molar-refractivity contribution < 1.29 is 18.8 Å². The molecule has 1 fully saturated rings. The maximum atomic E-state index is 12.9. The van der Waals surface area contributed by atoms with Crippen LogP contribution in [-0.4, -0.2) is 57.4 Å². The van der Waals surface area contributed by atoms with Crippen molar-refractivity contribution in [2.24, 2.45) is 0 Å². The van der Waals surface area contributed by atoms with Gasteiger partial charge < -0.3 is 18.9 Å². The number of aromatic nitrogens is 4. The highest BCUT2D eigenvalue weighted by molar-refractivity contribution is 6.04. The van der Waals surface area contributed by atoms with Crippen LogP contribution in [-0.2, 0) is 11.3 Å². The number of rotatable bonds is 6. The Balaban J connectivity index is 1.22. The van der Waals surface area contributed by atoms with Crippen LogP contribution in [0, 0.1) is 0 Å². The van der Waals surface area contributed by atoms with Gasteiger partial charge >= 0.3 is 0 Å². The molecule has 9 nitrogen and oxygen atoms in total. The molecule has 1 N–H and O–H groups in total. The Morgan fingerprint density at radius 1 is 1.23 bits per heavy atom. The molecule has 1 aliphatic rings. The first-order valence-corrected chi connectivity index (χ1v) is 10.0. The Morgan fingerprint density at radius 2 is 2.06 bits per heavy atom. The number of carbonyl (C=O) groups excluding carboxylic acids is 1. The number of nitrogens with zero attached hydrogens (tertiary/aromatic N) is 4. The quantitative estimate of drug-likeness (QED) is 0.512. The minimum absolute atomic E-state index is 0.0708. The molecule has 0 radical (unpaired) electrons. The highest BCUT2D eigenvalue weighted by Gasteiger charge is 2.30. The van der Waals surface area contributed by atoms with Crippen LogP contribution in [0.3, 0.4) is 0 Å². The van der Waals surface area contributed by atoms with Crippen molar-refractivity contribution in [3.63, 3.8) is 0 Å². The van der Waals surface area contributed by atoms with Gasteiger partial charge in [-0.15, -0.1) is 0 Å². The number of methoxy groups -OCH3 is 1. The first-order valence-electron chi connectivity index (χ1n) is 10.0. The van der Waals surface area contributed by atoms with Crippen molar-refractivity contribution in [1.29, 1.82) is 0 Å². The number of likely N-dealkylation sites (tertiary alicyclic amines) is 1. The number of H-pyrrole nitrogens is 1. The zero-order valence-corrected chi connectivity index (χ0v) is 16.9. The zero-order chi connectivity index (χ0) is 21.2. The van der Waals surface area contributed by atoms with Crippen LogP contribution in [0.15, 0.2) is 53.1 Å². The number of hydrogen-bond acceptors (Lipinski definition) is 7. The number of carbonyl (C=O) groups is 1. The number of fused-ring (bicyclic) bond motifs is 1. The lowest BCUT2D eigenvalue weighted by molar-refractivity contribution is 0.0768. The molecule has 1 amide bonds. The number of aromatic amines is 1. The third-order valence-corrected chi connectivity index (χ3v) is 5.26. The second-order valence-corrected chi connectivity index (χ2v) is 7.37. The Bertz CT molecular complexity index is 1200. The maximum Gasteiger partial charge on any atom is 0.275 e. The Morgan fingerprint density at radius 3 is 2.90 bits per heavy atom. The summed E-state index contributed by atoms with van der Waals surface area (Å²) in [6.45, 7) is 1.43. The number of para-hydroxylation sites is 1. The van der Waals surface area contributed by atoms with E-state index in [0.717, 1.165) is 28.6 Å². The highest BCUT2D eigenvalue weighted by atomic mass is 16.5. The number of amides is 1. The molecule has 0 spiro atoms. The number of hydrogen-bond donors (Lipinski definition) is 1. The lowest BCUT2D eigenvalue weighted by atomic mass is 10.2. The Labute approximate surface area is 178 Å². The van der Waals surface area contributed by atoms with Gasteiger partial charge in [0.05, 0.1) is 12.1 Å². The molecule has 9 heteroatoms. The van der Waals surface area contributed by atoms with Gasteiger partial charge in [0, 0.05) is 31.0 Å². The van der Waals surface area contributed by atoms with E-state index in [4.69, 9.17) is 14.0 Å². The van der Waals surface area contributed by atoms with Gasteiger partial charge in [0.2, 0.25) is 5.82 Å². The van der Waals surface area contributed by atoms with Gasteiger partial charge in [-0.2, -0.15) is 10.1 Å². The summed E-state index contributed by atoms with van der Waals surface area (Å²) in [6, 6.07) is 15.1. The summed E-state index contributed by atoms with van der Waals surface area (Å²) in [6.07, 6.45) is 0.694. The van der Waals surface area contributed by atoms with Crippen LogP contribution in [0.4, 0.5) is 0 Å². The normalized spacial score (nSPS) is 16.2. The third-order valence-electron chi connectivity index (χ3n) is 5.26. The highest BCUT2D eigenvalue weighted by Crippen LogP contribution is 2.24. The molecule has 158 valence electrons. The molecule has 5 rings (SSSR count). The summed E-state index contributed by atoms with van der Waals surface area (Å²) < 4.78 is 16.2. The van der Waals surface area contributed by atoms with E-state index in [0.29, 0.717) is 30.5 Å². The van der Waals surface area contributed by atoms with E-state index in [-0.39, 0.29) is 18.6 Å². The average Bonchev–Trinajstić information content (AvgIpc) is 3.54. The van der Waals surface area contributed by atoms with Crippen molar-refractivity contribution in [2.75, 3.05) is 20.2 Å². The van der Waals surface area contributed by atoms with E-state index in [1.54, 1.807) is 12.0 Å². The summed E-state index contributed by atoms with van der Waals surface area (Å²) in [4.78, 5) is 19.0. The van der Waals surface area contributed by atoms with Crippen LogP contribution in [0.1, 0.15) is 22.8 Å². The lowest BCUT2D eigenvalue weighted by Crippen LogP contribution is -2.31. The molecule has 31 heavy (non-hydrogen) atoms. The van der Waals surface area contributed by atoms with Crippen molar-refractivity contribution in [3.8, 4) is 17.1 Å². The van der Waals surface area contributed by atoms with Crippen LogP contribution in [0.5, 0.6) is 5.75 Å². The smallest absolute Gasteiger partial charge is 0.275 e. The minimum Gasteiger partial charge on any atom is -0.489 e. The molecule has 2 aromatic carbocycles. The van der Waals surface area contributed by atoms with Gasteiger partial charge in [0.1, 0.15) is 18.5 Å². The van der Waals surface area contributed by atoms with E-state index in [2.05, 4.69) is 20.3 Å². The fraction of sp³-hybridized carbons (Fsp3) is 0.273. The summed E-state index contributed by atoms with van der Waals surface area (Å²) >= 11 is 0. The van der Waals surface area contributed by atoms with Crippen molar-refractivity contribution >= 4 is 16.8 Å². The van der Waals surface area contributed by atoms with Crippen molar-refractivity contribution in [2.45, 2.75) is 19.1 Å². The fourth-order valence-corrected chi connectivity index (χ4v) is 3.71. The number of benzene rings is 2. The van der Waals surface area contributed by atoms with Gasteiger partial charge in [-0.05, 0) is 30.3 Å². The molecule has 1 atom stereocenters. The Kier molecular flexibility index (Phi) is 5.09. The topological polar surface area (TPSA) is 106 Å². The SMILES string of the molecule is COCc1nc(-c2ccc(OC3CCN(C(=O)c4n[nH]c5ccccc45)C3)cc2)no1. The Hall–Kier alpha value is -3.72. The zero-order valence-electron chi connectivity index (χ0n) is 16.9. The third kappa shape index (κ3) is 3.87. The molecule has 0 aliphatic carbocycles. The molecule has 1 saturated heterocycles. The van der Waals surface area contributed by atoms with Gasteiger partial charge in [0.15, 0.2) is 5.69 Å². The molecule has 1 aliphatic heterocycles. The molecule has 0 bridgehead atoms. The van der Waals surface area contributed by atoms with Crippen LogP contribution in [0.25, 0.3) is 22.3 Å². The van der Waals surface area contributed by atoms with Crippen LogP contribution < -0.4 is 4.74 Å². The van der Waals surface area contributed by atoms with E-state index in [9.17, 15) is 4.79 Å². The summed E-state index contributed by atoms with van der Waals surface area (Å²) in [5.74, 6) is 1.58.